The number of urea groups is 1. The number of nitrogens with zero attached hydrogens (tertiary/aromatic N) is 3. The topological polar surface area (TPSA) is 93.5 Å². The van der Waals surface area contributed by atoms with Crippen molar-refractivity contribution in [3.63, 3.8) is 0 Å². The smallest absolute Gasteiger partial charge is 0.324 e. The Labute approximate surface area is 180 Å². The van der Waals surface area contributed by atoms with E-state index in [-0.39, 0.29) is 17.2 Å². The van der Waals surface area contributed by atoms with E-state index in [0.717, 1.165) is 16.7 Å². The molecule has 30 heavy (non-hydrogen) atoms. The van der Waals surface area contributed by atoms with E-state index < -0.39 is 6.03 Å². The number of hydrogen-bond acceptors (Lipinski definition) is 6. The van der Waals surface area contributed by atoms with Crippen molar-refractivity contribution in [1.82, 2.24) is 19.8 Å². The van der Waals surface area contributed by atoms with Crippen molar-refractivity contribution in [2.24, 2.45) is 0 Å². The number of amides is 3. The lowest BCUT2D eigenvalue weighted by Gasteiger charge is -2.15. The quantitative estimate of drug-likeness (QED) is 0.480. The molecule has 10 heteroatoms. The van der Waals surface area contributed by atoms with Crippen LogP contribution in [0.25, 0.3) is 16.6 Å². The number of rotatable bonds is 5. The molecule has 4 rings (SSSR count). The Balaban J connectivity index is 1.76. The van der Waals surface area contributed by atoms with E-state index in [1.165, 1.54) is 11.7 Å². The van der Waals surface area contributed by atoms with Gasteiger partial charge in [0.2, 0.25) is 5.91 Å². The monoisotopic (exact) mass is 444 g/mol. The van der Waals surface area contributed by atoms with Gasteiger partial charge in [-0.1, -0.05) is 35.5 Å². The summed E-state index contributed by atoms with van der Waals surface area (Å²) >= 11 is 7.35. The fraction of sp³-hybridized carbons (Fsp3) is 0.200. The minimum absolute atomic E-state index is 0.0396. The molecule has 8 nitrogen and oxygen atoms in total. The molecular weight excluding hydrogens is 428 g/mol. The summed E-state index contributed by atoms with van der Waals surface area (Å²) < 4.78 is 6.60. The van der Waals surface area contributed by atoms with Crippen molar-refractivity contribution in [2.45, 2.75) is 5.16 Å². The van der Waals surface area contributed by atoms with Gasteiger partial charge in [-0.05, 0) is 30.3 Å². The van der Waals surface area contributed by atoms with Gasteiger partial charge in [0.05, 0.1) is 34.5 Å². The van der Waals surface area contributed by atoms with Crippen LogP contribution in [0.5, 0.6) is 5.75 Å². The van der Waals surface area contributed by atoms with E-state index in [4.69, 9.17) is 16.3 Å². The predicted molar refractivity (Wildman–Crippen MR) is 115 cm³/mol. The van der Waals surface area contributed by atoms with Gasteiger partial charge in [-0.25, -0.2) is 9.78 Å². The molecule has 154 valence electrons. The molecule has 1 aromatic heterocycles. The number of hydrogen-bond donors (Lipinski definition) is 1. The lowest BCUT2D eigenvalue weighted by molar-refractivity contribution is -0.124. The summed E-state index contributed by atoms with van der Waals surface area (Å²) in [6.07, 6.45) is 0. The number of methoxy groups -OCH3 is 1. The minimum Gasteiger partial charge on any atom is -0.495 e. The third-order valence-corrected chi connectivity index (χ3v) is 5.84. The van der Waals surface area contributed by atoms with Gasteiger partial charge in [0, 0.05) is 13.1 Å². The van der Waals surface area contributed by atoms with Gasteiger partial charge in [-0.15, -0.1) is 0 Å². The van der Waals surface area contributed by atoms with E-state index in [9.17, 15) is 14.4 Å². The van der Waals surface area contributed by atoms with Crippen LogP contribution in [0, 0.1) is 0 Å². The van der Waals surface area contributed by atoms with Crippen molar-refractivity contribution < 1.29 is 14.3 Å². The van der Waals surface area contributed by atoms with Crippen LogP contribution in [0.2, 0.25) is 5.02 Å². The molecule has 2 heterocycles. The molecule has 1 aliphatic heterocycles. The van der Waals surface area contributed by atoms with Gasteiger partial charge in [0.1, 0.15) is 5.75 Å². The first kappa shape index (κ1) is 20.2. The van der Waals surface area contributed by atoms with Gasteiger partial charge < -0.3 is 10.1 Å². The number of ether oxygens (including phenoxy) is 1. The van der Waals surface area contributed by atoms with Crippen molar-refractivity contribution in [3.05, 3.63) is 57.8 Å². The highest BCUT2D eigenvalue weighted by Gasteiger charge is 2.26. The van der Waals surface area contributed by atoms with E-state index in [0.29, 0.717) is 45.6 Å². The molecule has 3 amide bonds. The van der Waals surface area contributed by atoms with Crippen LogP contribution in [0.4, 0.5) is 4.79 Å². The van der Waals surface area contributed by atoms with Gasteiger partial charge >= 0.3 is 6.03 Å². The number of thioether (sulfide) groups is 1. The summed E-state index contributed by atoms with van der Waals surface area (Å²) in [5, 5.41) is 3.71. The van der Waals surface area contributed by atoms with Gasteiger partial charge in [0.15, 0.2) is 5.16 Å². The molecule has 0 spiro atoms. The zero-order chi connectivity index (χ0) is 21.3. The van der Waals surface area contributed by atoms with Crippen LogP contribution in [0.3, 0.4) is 0 Å². The molecule has 1 fully saturated rings. The molecule has 0 saturated carbocycles. The first-order valence-electron chi connectivity index (χ1n) is 9.06. The second-order valence-corrected chi connectivity index (χ2v) is 7.79. The normalized spacial score (nSPS) is 13.5. The molecule has 2 aromatic carbocycles. The summed E-state index contributed by atoms with van der Waals surface area (Å²) in [5.74, 6) is 0.0885. The maximum atomic E-state index is 13.2. The first-order chi connectivity index (χ1) is 14.5. The van der Waals surface area contributed by atoms with Crippen LogP contribution >= 0.6 is 23.4 Å². The summed E-state index contributed by atoms with van der Waals surface area (Å²) in [7, 11) is 1.51. The lowest BCUT2D eigenvalue weighted by atomic mass is 10.2. The maximum absolute atomic E-state index is 13.2. The van der Waals surface area contributed by atoms with Crippen molar-refractivity contribution in [2.75, 3.05) is 26.0 Å². The lowest BCUT2D eigenvalue weighted by Crippen LogP contribution is -2.35. The average molecular weight is 445 g/mol. The Morgan fingerprint density at radius 1 is 1.27 bits per heavy atom. The molecule has 3 aromatic rings. The number of aromatic nitrogens is 2. The molecule has 0 radical (unpaired) electrons. The highest BCUT2D eigenvalue weighted by molar-refractivity contribution is 7.99. The van der Waals surface area contributed by atoms with Crippen LogP contribution in [0.1, 0.15) is 0 Å². The van der Waals surface area contributed by atoms with E-state index >= 15 is 0 Å². The Kier molecular flexibility index (Phi) is 5.65. The Morgan fingerprint density at radius 2 is 2.07 bits per heavy atom. The van der Waals surface area contributed by atoms with Crippen LogP contribution in [-0.4, -0.2) is 52.3 Å². The third kappa shape index (κ3) is 3.73. The molecular formula is C20H17ClN4O4S. The third-order valence-electron chi connectivity index (χ3n) is 4.62. The van der Waals surface area contributed by atoms with E-state index in [1.807, 2.05) is 0 Å². The zero-order valence-corrected chi connectivity index (χ0v) is 17.5. The number of fused-ring (bicyclic) bond motifs is 1. The molecule has 0 bridgehead atoms. The molecule has 1 aliphatic rings. The van der Waals surface area contributed by atoms with Crippen LogP contribution in [0.15, 0.2) is 52.4 Å². The number of carbonyl (C=O) groups is 2. The summed E-state index contributed by atoms with van der Waals surface area (Å²) in [4.78, 5) is 43.2. The summed E-state index contributed by atoms with van der Waals surface area (Å²) in [6.45, 7) is 0.753. The minimum atomic E-state index is -0.411. The molecule has 0 aliphatic carbocycles. The molecule has 1 saturated heterocycles. The fourth-order valence-electron chi connectivity index (χ4n) is 3.15. The summed E-state index contributed by atoms with van der Waals surface area (Å²) in [6, 6.07) is 11.5. The number of nitrogens with one attached hydrogen (secondary N) is 1. The average Bonchev–Trinajstić information content (AvgIpc) is 3.18. The standard InChI is InChI=1S/C20H17ClN4O4S/c1-29-16-7-6-12(10-14(16)21)25-18(27)13-4-2-3-5-15(13)23-20(25)30-11-17(26)24-9-8-22-19(24)28/h2-7,10H,8-9,11H2,1H3,(H,22,28). The largest absolute Gasteiger partial charge is 0.495 e. The molecule has 0 atom stereocenters. The SMILES string of the molecule is COc1ccc(-n2c(SCC(=O)N3CCNC3=O)nc3ccccc3c2=O)cc1Cl. The highest BCUT2D eigenvalue weighted by atomic mass is 35.5. The molecule has 1 N–H and O–H groups in total. The van der Waals surface area contributed by atoms with Crippen molar-refractivity contribution in [3.8, 4) is 11.4 Å². The van der Waals surface area contributed by atoms with Gasteiger partial charge in [-0.3, -0.25) is 19.1 Å². The molecule has 0 unspecified atom stereocenters. The van der Waals surface area contributed by atoms with E-state index in [2.05, 4.69) is 10.3 Å². The second-order valence-electron chi connectivity index (χ2n) is 6.44. The maximum Gasteiger partial charge on any atom is 0.324 e. The van der Waals surface area contributed by atoms with Gasteiger partial charge in [-0.2, -0.15) is 0 Å². The van der Waals surface area contributed by atoms with Crippen molar-refractivity contribution in [1.29, 1.82) is 0 Å². The van der Waals surface area contributed by atoms with E-state index in [1.54, 1.807) is 42.5 Å². The zero-order valence-electron chi connectivity index (χ0n) is 15.9. The number of benzene rings is 2. The Morgan fingerprint density at radius 3 is 2.77 bits per heavy atom. The fourth-order valence-corrected chi connectivity index (χ4v) is 4.29. The highest BCUT2D eigenvalue weighted by Crippen LogP contribution is 2.28. The van der Waals surface area contributed by atoms with Crippen LogP contribution < -0.4 is 15.6 Å². The first-order valence-corrected chi connectivity index (χ1v) is 10.4. The Hall–Kier alpha value is -3.04. The second kappa shape index (κ2) is 8.37. The Bertz CT molecular complexity index is 1210. The number of para-hydroxylation sites is 1. The van der Waals surface area contributed by atoms with Crippen LogP contribution in [-0.2, 0) is 4.79 Å². The summed E-state index contributed by atoms with van der Waals surface area (Å²) in [5.41, 5.74) is 0.737. The van der Waals surface area contributed by atoms with Crippen molar-refractivity contribution >= 4 is 46.2 Å². The number of halogens is 1. The number of carbonyl (C=O) groups excluding carboxylic acids is 2. The van der Waals surface area contributed by atoms with Gasteiger partial charge in [0.25, 0.3) is 5.56 Å². The number of imide groups is 1. The predicted octanol–water partition coefficient (Wildman–Crippen LogP) is 2.69.